The Morgan fingerprint density at radius 3 is 2.05 bits per heavy atom. The maximum Gasteiger partial charge on any atom is 0.166 e. The Morgan fingerprint density at radius 2 is 1.48 bits per heavy atom. The van der Waals surface area contributed by atoms with Gasteiger partial charge in [-0.05, 0) is 35.8 Å². The summed E-state index contributed by atoms with van der Waals surface area (Å²) in [6.45, 7) is 4.48. The van der Waals surface area contributed by atoms with Crippen molar-refractivity contribution in [3.05, 3.63) is 60.2 Å². The molecule has 3 rings (SSSR count). The summed E-state index contributed by atoms with van der Waals surface area (Å²) in [5.41, 5.74) is 3.22. The molecule has 108 valence electrons. The molecule has 0 bridgehead atoms. The van der Waals surface area contributed by atoms with Crippen LogP contribution in [0, 0.1) is 17.8 Å². The zero-order valence-electron chi connectivity index (χ0n) is 12.8. The number of hydrogen-bond acceptors (Lipinski definition) is 1. The highest BCUT2D eigenvalue weighted by atomic mass is 16.1. The molecule has 0 aliphatic heterocycles. The molecular weight excluding hydrogens is 256 g/mol. The number of benzene rings is 2. The first-order chi connectivity index (χ1) is 10.2. The number of carbonyl (C=O) groups is 1. The van der Waals surface area contributed by atoms with E-state index in [1.807, 2.05) is 30.3 Å². The zero-order valence-corrected chi connectivity index (χ0v) is 12.8. The molecule has 1 nitrogen and oxygen atoms in total. The number of rotatable bonds is 3. The van der Waals surface area contributed by atoms with Crippen LogP contribution in [0.4, 0.5) is 0 Å². The van der Waals surface area contributed by atoms with Gasteiger partial charge in [0.1, 0.15) is 0 Å². The maximum atomic E-state index is 12.7. The van der Waals surface area contributed by atoms with Gasteiger partial charge >= 0.3 is 0 Å². The van der Waals surface area contributed by atoms with Crippen LogP contribution in [0.1, 0.15) is 37.0 Å². The molecule has 0 heterocycles. The van der Waals surface area contributed by atoms with Gasteiger partial charge in [0, 0.05) is 11.5 Å². The minimum absolute atomic E-state index is 0.211. The van der Waals surface area contributed by atoms with Gasteiger partial charge in [-0.15, -0.1) is 0 Å². The van der Waals surface area contributed by atoms with E-state index in [-0.39, 0.29) is 5.92 Å². The molecule has 1 aliphatic rings. The third kappa shape index (κ3) is 2.78. The SMILES string of the molecule is C[C@@H]1CCC(C(=O)c2ccc(-c3ccccc3)cc2)[C@H]1C. The summed E-state index contributed by atoms with van der Waals surface area (Å²) in [4.78, 5) is 12.7. The Hall–Kier alpha value is -1.89. The molecule has 1 aliphatic carbocycles. The molecule has 0 spiro atoms. The minimum atomic E-state index is 0.211. The number of hydrogen-bond donors (Lipinski definition) is 0. The second-order valence-corrected chi connectivity index (χ2v) is 6.33. The summed E-state index contributed by atoms with van der Waals surface area (Å²) < 4.78 is 0. The van der Waals surface area contributed by atoms with Gasteiger partial charge in [-0.2, -0.15) is 0 Å². The lowest BCUT2D eigenvalue weighted by Gasteiger charge is -2.17. The van der Waals surface area contributed by atoms with Crippen LogP contribution in [-0.4, -0.2) is 5.78 Å². The van der Waals surface area contributed by atoms with Gasteiger partial charge in [0.2, 0.25) is 0 Å². The van der Waals surface area contributed by atoms with E-state index in [0.29, 0.717) is 17.6 Å². The van der Waals surface area contributed by atoms with Crippen molar-refractivity contribution in [2.45, 2.75) is 26.7 Å². The fourth-order valence-electron chi connectivity index (χ4n) is 3.41. The topological polar surface area (TPSA) is 17.1 Å². The van der Waals surface area contributed by atoms with Crippen molar-refractivity contribution in [1.29, 1.82) is 0 Å². The van der Waals surface area contributed by atoms with Crippen LogP contribution in [0.2, 0.25) is 0 Å². The Bertz CT molecular complexity index is 612. The normalized spacial score (nSPS) is 25.0. The van der Waals surface area contributed by atoms with Crippen molar-refractivity contribution >= 4 is 5.78 Å². The monoisotopic (exact) mass is 278 g/mol. The maximum absolute atomic E-state index is 12.7. The highest BCUT2D eigenvalue weighted by Crippen LogP contribution is 2.38. The van der Waals surface area contributed by atoms with Crippen molar-refractivity contribution < 1.29 is 4.79 Å². The molecule has 1 unspecified atom stereocenters. The van der Waals surface area contributed by atoms with Crippen molar-refractivity contribution in [2.24, 2.45) is 17.8 Å². The molecule has 21 heavy (non-hydrogen) atoms. The average Bonchev–Trinajstić information content (AvgIpc) is 2.87. The largest absolute Gasteiger partial charge is 0.294 e. The minimum Gasteiger partial charge on any atom is -0.294 e. The Balaban J connectivity index is 1.80. The van der Waals surface area contributed by atoms with E-state index in [1.165, 1.54) is 17.5 Å². The lowest BCUT2D eigenvalue weighted by atomic mass is 9.86. The summed E-state index contributed by atoms with van der Waals surface area (Å²) in [7, 11) is 0. The Morgan fingerprint density at radius 1 is 0.857 bits per heavy atom. The van der Waals surface area contributed by atoms with Gasteiger partial charge in [0.25, 0.3) is 0 Å². The van der Waals surface area contributed by atoms with Gasteiger partial charge in [-0.1, -0.05) is 68.4 Å². The second kappa shape index (κ2) is 5.85. The molecule has 1 fully saturated rings. The molecule has 0 radical (unpaired) electrons. The van der Waals surface area contributed by atoms with E-state index >= 15 is 0 Å². The van der Waals surface area contributed by atoms with Crippen molar-refractivity contribution in [1.82, 2.24) is 0 Å². The Kier molecular flexibility index (Phi) is 3.92. The predicted octanol–water partition coefficient (Wildman–Crippen LogP) is 5.22. The summed E-state index contributed by atoms with van der Waals surface area (Å²) in [5, 5.41) is 0. The lowest BCUT2D eigenvalue weighted by molar-refractivity contribution is 0.0889. The van der Waals surface area contributed by atoms with Crippen LogP contribution in [-0.2, 0) is 0 Å². The molecule has 0 amide bonds. The predicted molar refractivity (Wildman–Crippen MR) is 87.3 cm³/mol. The van der Waals surface area contributed by atoms with E-state index in [4.69, 9.17) is 0 Å². The molecule has 1 saturated carbocycles. The second-order valence-electron chi connectivity index (χ2n) is 6.33. The van der Waals surface area contributed by atoms with Crippen LogP contribution >= 0.6 is 0 Å². The van der Waals surface area contributed by atoms with Gasteiger partial charge in [-0.3, -0.25) is 4.79 Å². The molecule has 3 atom stereocenters. The third-order valence-corrected chi connectivity index (χ3v) is 5.08. The first kappa shape index (κ1) is 14.1. The Labute approximate surface area is 127 Å². The van der Waals surface area contributed by atoms with E-state index in [9.17, 15) is 4.79 Å². The number of carbonyl (C=O) groups excluding carboxylic acids is 1. The van der Waals surface area contributed by atoms with E-state index in [0.717, 1.165) is 12.0 Å². The van der Waals surface area contributed by atoms with Crippen molar-refractivity contribution in [3.63, 3.8) is 0 Å². The van der Waals surface area contributed by atoms with Crippen LogP contribution in [0.3, 0.4) is 0 Å². The van der Waals surface area contributed by atoms with E-state index in [1.54, 1.807) is 0 Å². The smallest absolute Gasteiger partial charge is 0.166 e. The van der Waals surface area contributed by atoms with Gasteiger partial charge in [-0.25, -0.2) is 0 Å². The average molecular weight is 278 g/mol. The quantitative estimate of drug-likeness (QED) is 0.704. The van der Waals surface area contributed by atoms with Crippen LogP contribution < -0.4 is 0 Å². The van der Waals surface area contributed by atoms with E-state index < -0.39 is 0 Å². The first-order valence-electron chi connectivity index (χ1n) is 7.86. The highest BCUT2D eigenvalue weighted by molar-refractivity contribution is 5.98. The van der Waals surface area contributed by atoms with Crippen molar-refractivity contribution in [3.8, 4) is 11.1 Å². The van der Waals surface area contributed by atoms with Gasteiger partial charge in [0.05, 0.1) is 0 Å². The van der Waals surface area contributed by atoms with Gasteiger partial charge < -0.3 is 0 Å². The molecule has 0 N–H and O–H groups in total. The third-order valence-electron chi connectivity index (χ3n) is 5.08. The molecular formula is C20H22O. The summed E-state index contributed by atoms with van der Waals surface area (Å²) in [6.07, 6.45) is 2.22. The van der Waals surface area contributed by atoms with Crippen LogP contribution in [0.15, 0.2) is 54.6 Å². The van der Waals surface area contributed by atoms with Gasteiger partial charge in [0.15, 0.2) is 5.78 Å². The lowest BCUT2D eigenvalue weighted by Crippen LogP contribution is -2.19. The van der Waals surface area contributed by atoms with Crippen LogP contribution in [0.25, 0.3) is 11.1 Å². The molecule has 2 aromatic carbocycles. The van der Waals surface area contributed by atoms with Crippen molar-refractivity contribution in [2.75, 3.05) is 0 Å². The highest BCUT2D eigenvalue weighted by Gasteiger charge is 2.34. The first-order valence-corrected chi connectivity index (χ1v) is 7.86. The fourth-order valence-corrected chi connectivity index (χ4v) is 3.41. The molecule has 0 saturated heterocycles. The van der Waals surface area contributed by atoms with E-state index in [2.05, 4.69) is 38.1 Å². The molecule has 2 aromatic rings. The standard InChI is InChI=1S/C20H22O/c1-14-8-13-19(15(14)2)20(21)18-11-9-17(10-12-18)16-6-4-3-5-7-16/h3-7,9-12,14-15,19H,8,13H2,1-2H3/t14-,15+,19?/m1/s1. The number of ketones is 1. The summed E-state index contributed by atoms with van der Waals surface area (Å²) >= 11 is 0. The number of Topliss-reactive ketones (excluding diaryl/α,β-unsaturated/α-hetero) is 1. The summed E-state index contributed by atoms with van der Waals surface area (Å²) in [5.74, 6) is 1.71. The zero-order chi connectivity index (χ0) is 14.8. The molecule has 0 aromatic heterocycles. The van der Waals surface area contributed by atoms with Crippen LogP contribution in [0.5, 0.6) is 0 Å². The summed E-state index contributed by atoms with van der Waals surface area (Å²) in [6, 6.07) is 18.4. The molecule has 1 heteroatoms. The fraction of sp³-hybridized carbons (Fsp3) is 0.350.